The van der Waals surface area contributed by atoms with Gasteiger partial charge in [0.25, 0.3) is 11.6 Å². The highest BCUT2D eigenvalue weighted by Crippen LogP contribution is 2.39. The fourth-order valence-corrected chi connectivity index (χ4v) is 3.46. The highest BCUT2D eigenvalue weighted by molar-refractivity contribution is 6.04. The van der Waals surface area contributed by atoms with E-state index < -0.39 is 28.4 Å². The molecule has 0 spiro atoms. The summed E-state index contributed by atoms with van der Waals surface area (Å²) in [5, 5.41) is 13.9. The van der Waals surface area contributed by atoms with E-state index in [1.807, 2.05) is 6.92 Å². The van der Waals surface area contributed by atoms with Gasteiger partial charge in [-0.1, -0.05) is 13.0 Å². The largest absolute Gasteiger partial charge is 0.336 e. The number of nitrogens with one attached hydrogen (secondary N) is 1. The quantitative estimate of drug-likeness (QED) is 0.641. The van der Waals surface area contributed by atoms with Crippen LogP contribution in [0.4, 0.5) is 15.8 Å². The molecule has 8 nitrogen and oxygen atoms in total. The van der Waals surface area contributed by atoms with Crippen molar-refractivity contribution in [2.75, 3.05) is 11.9 Å². The minimum Gasteiger partial charge on any atom is -0.336 e. The van der Waals surface area contributed by atoms with E-state index in [9.17, 15) is 24.1 Å². The predicted molar refractivity (Wildman–Crippen MR) is 99.2 cm³/mol. The van der Waals surface area contributed by atoms with Crippen LogP contribution < -0.4 is 5.32 Å². The van der Waals surface area contributed by atoms with Gasteiger partial charge in [-0.3, -0.25) is 24.7 Å². The zero-order valence-corrected chi connectivity index (χ0v) is 15.4. The summed E-state index contributed by atoms with van der Waals surface area (Å²) in [5.74, 6) is -1.47. The zero-order valence-electron chi connectivity index (χ0n) is 15.4. The van der Waals surface area contributed by atoms with E-state index in [1.165, 1.54) is 24.1 Å². The maximum absolute atomic E-state index is 14.8. The number of amides is 2. The van der Waals surface area contributed by atoms with Gasteiger partial charge in [0.15, 0.2) is 0 Å². The van der Waals surface area contributed by atoms with Crippen LogP contribution in [0.2, 0.25) is 0 Å². The van der Waals surface area contributed by atoms with Crippen molar-refractivity contribution in [2.24, 2.45) is 5.92 Å². The van der Waals surface area contributed by atoms with Crippen molar-refractivity contribution in [3.8, 4) is 0 Å². The number of nitro benzene ring substituents is 1. The molecule has 0 saturated carbocycles. The van der Waals surface area contributed by atoms with Crippen LogP contribution in [0.1, 0.15) is 42.4 Å². The summed E-state index contributed by atoms with van der Waals surface area (Å²) >= 11 is 0. The van der Waals surface area contributed by atoms with Gasteiger partial charge in [0.05, 0.1) is 11.0 Å². The molecule has 0 aliphatic carbocycles. The number of hydrogen-bond acceptors (Lipinski definition) is 5. The molecule has 1 aliphatic rings. The second kappa shape index (κ2) is 7.71. The number of nitro groups is 1. The molecule has 2 unspecified atom stereocenters. The number of hydrogen-bond donors (Lipinski definition) is 1. The van der Waals surface area contributed by atoms with Crippen LogP contribution >= 0.6 is 0 Å². The van der Waals surface area contributed by atoms with Crippen LogP contribution in [0.3, 0.4) is 0 Å². The number of anilines is 1. The molecule has 1 N–H and O–H groups in total. The third-order valence-electron chi connectivity index (χ3n) is 4.73. The first-order chi connectivity index (χ1) is 13.3. The number of benzene rings is 1. The van der Waals surface area contributed by atoms with Crippen LogP contribution in [-0.2, 0) is 4.79 Å². The summed E-state index contributed by atoms with van der Waals surface area (Å²) in [4.78, 5) is 40.4. The van der Waals surface area contributed by atoms with Crippen molar-refractivity contribution in [1.82, 2.24) is 9.88 Å². The minimum atomic E-state index is -0.715. The Kier molecular flexibility index (Phi) is 5.34. The Hall–Kier alpha value is -3.36. The maximum atomic E-state index is 14.8. The summed E-state index contributed by atoms with van der Waals surface area (Å²) in [5.41, 5.74) is -0.582. The van der Waals surface area contributed by atoms with E-state index in [0.29, 0.717) is 13.0 Å². The fourth-order valence-electron chi connectivity index (χ4n) is 3.46. The van der Waals surface area contributed by atoms with E-state index in [2.05, 4.69) is 10.3 Å². The van der Waals surface area contributed by atoms with Crippen molar-refractivity contribution >= 4 is 23.2 Å². The molecular weight excluding hydrogens is 367 g/mol. The predicted octanol–water partition coefficient (Wildman–Crippen LogP) is 3.31. The highest BCUT2D eigenvalue weighted by Gasteiger charge is 2.35. The third-order valence-corrected chi connectivity index (χ3v) is 4.73. The summed E-state index contributed by atoms with van der Waals surface area (Å²) in [7, 11) is 0. The Morgan fingerprint density at radius 2 is 2.11 bits per heavy atom. The number of rotatable bonds is 4. The van der Waals surface area contributed by atoms with Gasteiger partial charge in [0.1, 0.15) is 17.2 Å². The Bertz CT molecular complexity index is 935. The number of aromatic nitrogens is 1. The monoisotopic (exact) mass is 386 g/mol. The number of likely N-dealkylation sites (tertiary alicyclic amines) is 1. The third kappa shape index (κ3) is 3.83. The van der Waals surface area contributed by atoms with E-state index in [4.69, 9.17) is 0 Å². The van der Waals surface area contributed by atoms with Crippen LogP contribution in [0.25, 0.3) is 0 Å². The molecule has 0 bridgehead atoms. The van der Waals surface area contributed by atoms with Crippen LogP contribution in [0, 0.1) is 21.8 Å². The molecule has 1 saturated heterocycles. The molecule has 1 aliphatic heterocycles. The molecule has 2 atom stereocenters. The van der Waals surface area contributed by atoms with Crippen molar-refractivity contribution in [2.45, 2.75) is 26.3 Å². The van der Waals surface area contributed by atoms with Gasteiger partial charge in [-0.2, -0.15) is 0 Å². The Labute approximate surface area is 160 Å². The standard InChI is InChI=1S/C19H19FN4O4/c1-11-7-17(23(10-11)12(2)25)13-8-18(24(27)28)16(9-14(13)20)22-19(26)15-5-3-4-6-21-15/h3-6,8-9,11,17H,7,10H2,1-2H3,(H,22,26). The minimum absolute atomic E-state index is 0.0497. The van der Waals surface area contributed by atoms with Crippen LogP contribution in [0.15, 0.2) is 36.5 Å². The summed E-state index contributed by atoms with van der Waals surface area (Å²) < 4.78 is 14.8. The average molecular weight is 386 g/mol. The number of halogens is 1. The lowest BCUT2D eigenvalue weighted by molar-refractivity contribution is -0.384. The summed E-state index contributed by atoms with van der Waals surface area (Å²) in [6.45, 7) is 3.79. The van der Waals surface area contributed by atoms with E-state index in [1.54, 1.807) is 12.1 Å². The normalized spacial score (nSPS) is 18.8. The van der Waals surface area contributed by atoms with Gasteiger partial charge in [-0.25, -0.2) is 4.39 Å². The van der Waals surface area contributed by atoms with Gasteiger partial charge in [0.2, 0.25) is 5.91 Å². The molecule has 146 valence electrons. The second-order valence-electron chi connectivity index (χ2n) is 6.85. The van der Waals surface area contributed by atoms with Crippen LogP contribution in [0.5, 0.6) is 0 Å². The molecule has 1 fully saturated rings. The SMILES string of the molecule is CC(=O)N1CC(C)CC1c1cc([N+](=O)[O-])c(NC(=O)c2ccccn2)cc1F. The number of carbonyl (C=O) groups is 2. The molecule has 1 aromatic carbocycles. The van der Waals surface area contributed by atoms with E-state index >= 15 is 0 Å². The lowest BCUT2D eigenvalue weighted by Crippen LogP contribution is -2.29. The van der Waals surface area contributed by atoms with E-state index in [0.717, 1.165) is 12.1 Å². The van der Waals surface area contributed by atoms with Crippen molar-refractivity contribution in [3.63, 3.8) is 0 Å². The molecule has 2 heterocycles. The fraction of sp³-hybridized carbons (Fsp3) is 0.316. The van der Waals surface area contributed by atoms with Crippen LogP contribution in [-0.4, -0.2) is 33.2 Å². The van der Waals surface area contributed by atoms with Gasteiger partial charge in [0, 0.05) is 37.4 Å². The van der Waals surface area contributed by atoms with Gasteiger partial charge in [-0.15, -0.1) is 0 Å². The molecule has 9 heteroatoms. The first-order valence-corrected chi connectivity index (χ1v) is 8.75. The summed E-state index contributed by atoms with van der Waals surface area (Å²) in [6, 6.07) is 6.11. The molecule has 2 amide bonds. The molecule has 0 radical (unpaired) electrons. The Morgan fingerprint density at radius 3 is 2.71 bits per heavy atom. The van der Waals surface area contributed by atoms with Gasteiger partial charge < -0.3 is 10.2 Å². The van der Waals surface area contributed by atoms with E-state index in [-0.39, 0.29) is 28.8 Å². The van der Waals surface area contributed by atoms with Gasteiger partial charge in [-0.05, 0) is 24.5 Å². The Morgan fingerprint density at radius 1 is 1.36 bits per heavy atom. The molecule has 1 aromatic heterocycles. The van der Waals surface area contributed by atoms with Crippen molar-refractivity contribution in [3.05, 3.63) is 63.7 Å². The molecular formula is C19H19FN4O4. The molecule has 28 heavy (non-hydrogen) atoms. The smallest absolute Gasteiger partial charge is 0.293 e. The highest BCUT2D eigenvalue weighted by atomic mass is 19.1. The number of carbonyl (C=O) groups excluding carboxylic acids is 2. The summed E-state index contributed by atoms with van der Waals surface area (Å²) in [6.07, 6.45) is 1.91. The lowest BCUT2D eigenvalue weighted by Gasteiger charge is -2.24. The Balaban J connectivity index is 1.98. The maximum Gasteiger partial charge on any atom is 0.293 e. The zero-order chi connectivity index (χ0) is 20.4. The average Bonchev–Trinajstić information content (AvgIpc) is 3.04. The van der Waals surface area contributed by atoms with Crippen molar-refractivity contribution < 1.29 is 18.9 Å². The first-order valence-electron chi connectivity index (χ1n) is 8.75. The first kappa shape index (κ1) is 19.4. The molecule has 2 aromatic rings. The van der Waals surface area contributed by atoms with Gasteiger partial charge >= 0.3 is 0 Å². The lowest BCUT2D eigenvalue weighted by atomic mass is 9.99. The molecule has 3 rings (SSSR count). The number of pyridine rings is 1. The van der Waals surface area contributed by atoms with Crippen molar-refractivity contribution in [1.29, 1.82) is 0 Å². The number of nitrogens with zero attached hydrogens (tertiary/aromatic N) is 3. The topological polar surface area (TPSA) is 105 Å². The second-order valence-corrected chi connectivity index (χ2v) is 6.85.